The van der Waals surface area contributed by atoms with Crippen molar-refractivity contribution in [3.05, 3.63) is 78.0 Å². The van der Waals surface area contributed by atoms with E-state index in [1.165, 1.54) is 11.1 Å². The normalized spacial score (nSPS) is 13.4. The highest BCUT2D eigenvalue weighted by atomic mass is 16.4. The van der Waals surface area contributed by atoms with Gasteiger partial charge in [0.05, 0.1) is 24.1 Å². The third-order valence-corrected chi connectivity index (χ3v) is 6.20. The number of benzene rings is 2. The van der Waals surface area contributed by atoms with Gasteiger partial charge in [0, 0.05) is 18.0 Å². The fourth-order valence-electron chi connectivity index (χ4n) is 4.11. The van der Waals surface area contributed by atoms with E-state index in [-0.39, 0.29) is 24.7 Å². The van der Waals surface area contributed by atoms with Crippen LogP contribution in [0.2, 0.25) is 0 Å². The van der Waals surface area contributed by atoms with Gasteiger partial charge in [0.2, 0.25) is 11.8 Å². The van der Waals surface area contributed by atoms with Gasteiger partial charge in [-0.1, -0.05) is 54.6 Å². The van der Waals surface area contributed by atoms with Gasteiger partial charge in [-0.15, -0.1) is 0 Å². The molecule has 0 spiro atoms. The fraction of sp³-hybridized carbons (Fsp3) is 0.321. The summed E-state index contributed by atoms with van der Waals surface area (Å²) in [6.45, 7) is 3.34. The van der Waals surface area contributed by atoms with Gasteiger partial charge in [0.25, 0.3) is 5.91 Å². The van der Waals surface area contributed by atoms with E-state index in [9.17, 15) is 24.3 Å². The van der Waals surface area contributed by atoms with Crippen molar-refractivity contribution in [1.82, 2.24) is 26.1 Å². The summed E-state index contributed by atoms with van der Waals surface area (Å²) in [6.07, 6.45) is -2.82. The summed E-state index contributed by atoms with van der Waals surface area (Å²) in [5, 5.41) is 27.7. The number of carbonyl (C=O) groups is 4. The molecule has 0 radical (unpaired) electrons. The number of rotatable bonds is 13. The molecule has 0 aliphatic carbocycles. The number of hydrazine groups is 1. The lowest BCUT2D eigenvalue weighted by molar-refractivity contribution is -0.128. The summed E-state index contributed by atoms with van der Waals surface area (Å²) in [7, 11) is 0. The molecule has 0 unspecified atom stereocenters. The number of carbonyl (C=O) groups excluding carboxylic acids is 3. The number of pyridine rings is 1. The average molecular weight is 551 g/mol. The van der Waals surface area contributed by atoms with Crippen molar-refractivity contribution in [2.45, 2.75) is 50.9 Å². The number of amides is 4. The highest BCUT2D eigenvalue weighted by Gasteiger charge is 2.30. The Morgan fingerprint density at radius 1 is 0.950 bits per heavy atom. The second kappa shape index (κ2) is 14.0. The van der Waals surface area contributed by atoms with Crippen molar-refractivity contribution in [2.75, 3.05) is 6.54 Å². The molecule has 40 heavy (non-hydrogen) atoms. The molecule has 12 nitrogen and oxygen atoms in total. The molecule has 4 amide bonds. The number of nitrogens with two attached hydrogens (primary N) is 1. The number of nitrogens with zero attached hydrogens (tertiary/aromatic N) is 2. The van der Waals surface area contributed by atoms with Crippen LogP contribution in [-0.4, -0.2) is 74.8 Å². The van der Waals surface area contributed by atoms with Crippen molar-refractivity contribution in [3.8, 4) is 0 Å². The summed E-state index contributed by atoms with van der Waals surface area (Å²) in [5.41, 5.74) is 9.05. The third-order valence-electron chi connectivity index (χ3n) is 6.20. The molecule has 7 N–H and O–H groups in total. The summed E-state index contributed by atoms with van der Waals surface area (Å²) >= 11 is 0. The second-order valence-electron chi connectivity index (χ2n) is 9.62. The van der Waals surface area contributed by atoms with E-state index >= 15 is 0 Å². The first-order valence-electron chi connectivity index (χ1n) is 12.8. The second-order valence-corrected chi connectivity index (χ2v) is 9.62. The topological polar surface area (TPSA) is 187 Å². The zero-order valence-electron chi connectivity index (χ0n) is 22.3. The van der Waals surface area contributed by atoms with Gasteiger partial charge >= 0.3 is 6.09 Å². The van der Waals surface area contributed by atoms with Crippen LogP contribution < -0.4 is 21.8 Å². The Labute approximate surface area is 231 Å². The van der Waals surface area contributed by atoms with Gasteiger partial charge in [-0.2, -0.15) is 0 Å². The SMILES string of the molecule is CC(C)N(C[C@H](O)[C@H](Cc1ccccc1)NC(=O)[C@H](CC(N)=O)NC(=O)c1ccc2ccccc2n1)NC(=O)O. The maximum absolute atomic E-state index is 13.4. The number of fused-ring (bicyclic) bond motifs is 1. The number of para-hydroxylation sites is 1. The van der Waals surface area contributed by atoms with E-state index in [2.05, 4.69) is 21.0 Å². The van der Waals surface area contributed by atoms with Crippen LogP contribution in [0.15, 0.2) is 66.7 Å². The Balaban J connectivity index is 1.81. The maximum Gasteiger partial charge on any atom is 0.419 e. The molecule has 3 atom stereocenters. The van der Waals surface area contributed by atoms with E-state index in [1.807, 2.05) is 30.3 Å². The number of carboxylic acid groups (broad SMARTS) is 1. The van der Waals surface area contributed by atoms with E-state index < -0.39 is 48.4 Å². The van der Waals surface area contributed by atoms with E-state index in [0.717, 1.165) is 10.9 Å². The van der Waals surface area contributed by atoms with Crippen LogP contribution in [0, 0.1) is 0 Å². The van der Waals surface area contributed by atoms with Gasteiger partial charge in [-0.05, 0) is 38.0 Å². The van der Waals surface area contributed by atoms with Crippen molar-refractivity contribution in [3.63, 3.8) is 0 Å². The number of primary amides is 1. The first kappa shape index (κ1) is 30.0. The van der Waals surface area contributed by atoms with Crippen molar-refractivity contribution in [2.24, 2.45) is 5.73 Å². The number of nitrogens with one attached hydrogen (secondary N) is 3. The first-order valence-corrected chi connectivity index (χ1v) is 12.8. The fourth-order valence-corrected chi connectivity index (χ4v) is 4.11. The van der Waals surface area contributed by atoms with Crippen LogP contribution in [0.4, 0.5) is 4.79 Å². The molecule has 212 valence electrons. The minimum absolute atomic E-state index is 0.0501. The highest BCUT2D eigenvalue weighted by Crippen LogP contribution is 2.13. The largest absolute Gasteiger partial charge is 0.464 e. The van der Waals surface area contributed by atoms with Crippen molar-refractivity contribution < 1.29 is 29.4 Å². The summed E-state index contributed by atoms with van der Waals surface area (Å²) < 4.78 is 0. The minimum Gasteiger partial charge on any atom is -0.464 e. The lowest BCUT2D eigenvalue weighted by atomic mass is 9.99. The van der Waals surface area contributed by atoms with Gasteiger partial charge in [0.15, 0.2) is 0 Å². The molecule has 1 aromatic heterocycles. The monoisotopic (exact) mass is 550 g/mol. The Kier molecular flexibility index (Phi) is 10.5. The van der Waals surface area contributed by atoms with Crippen LogP contribution >= 0.6 is 0 Å². The van der Waals surface area contributed by atoms with Crippen LogP contribution in [-0.2, 0) is 16.0 Å². The van der Waals surface area contributed by atoms with E-state index in [0.29, 0.717) is 5.52 Å². The summed E-state index contributed by atoms with van der Waals surface area (Å²) in [5.74, 6) is -2.23. The van der Waals surface area contributed by atoms with E-state index in [4.69, 9.17) is 10.8 Å². The number of hydrogen-bond donors (Lipinski definition) is 6. The van der Waals surface area contributed by atoms with Crippen molar-refractivity contribution in [1.29, 1.82) is 0 Å². The minimum atomic E-state index is -1.35. The number of aliphatic hydroxyl groups is 1. The first-order chi connectivity index (χ1) is 19.0. The van der Waals surface area contributed by atoms with E-state index in [1.54, 1.807) is 44.2 Å². The van der Waals surface area contributed by atoms with Gasteiger partial charge < -0.3 is 26.6 Å². The molecule has 0 aliphatic heterocycles. The molecule has 0 saturated carbocycles. The molecule has 0 bridgehead atoms. The molecule has 0 aliphatic rings. The standard InChI is InChI=1S/C28H34N6O6/c1-17(2)34(33-28(39)40)16-24(35)22(14-18-8-4-3-5-9-18)31-27(38)23(15-25(29)36)32-26(37)21-13-12-19-10-6-7-11-20(19)30-21/h3-13,17,22-24,33,35H,14-16H2,1-2H3,(H2,29,36)(H,31,38)(H,32,37)(H,39,40)/t22-,23-,24-/m0/s1. The Morgan fingerprint density at radius 3 is 2.27 bits per heavy atom. The Hall–Kier alpha value is -4.55. The highest BCUT2D eigenvalue weighted by molar-refractivity contribution is 5.99. The van der Waals surface area contributed by atoms with Gasteiger partial charge in [-0.25, -0.2) is 14.8 Å². The molecule has 0 fully saturated rings. The zero-order valence-corrected chi connectivity index (χ0v) is 22.3. The predicted molar refractivity (Wildman–Crippen MR) is 148 cm³/mol. The number of aromatic nitrogens is 1. The molecule has 3 aromatic rings. The number of aliphatic hydroxyl groups excluding tert-OH is 1. The van der Waals surface area contributed by atoms with Crippen LogP contribution in [0.5, 0.6) is 0 Å². The van der Waals surface area contributed by atoms with Crippen LogP contribution in [0.1, 0.15) is 36.3 Å². The van der Waals surface area contributed by atoms with Crippen molar-refractivity contribution >= 4 is 34.7 Å². The molecule has 3 rings (SSSR count). The van der Waals surface area contributed by atoms with Gasteiger partial charge in [0.1, 0.15) is 11.7 Å². The average Bonchev–Trinajstić information content (AvgIpc) is 2.91. The Bertz CT molecular complexity index is 1340. The van der Waals surface area contributed by atoms with Gasteiger partial charge in [-0.3, -0.25) is 19.8 Å². The lowest BCUT2D eigenvalue weighted by Crippen LogP contribution is -2.58. The quantitative estimate of drug-likeness (QED) is 0.171. The lowest BCUT2D eigenvalue weighted by Gasteiger charge is -2.32. The van der Waals surface area contributed by atoms with Crippen LogP contribution in [0.3, 0.4) is 0 Å². The third kappa shape index (κ3) is 8.75. The van der Waals surface area contributed by atoms with Crippen LogP contribution in [0.25, 0.3) is 10.9 Å². The molecule has 0 saturated heterocycles. The molecular weight excluding hydrogens is 516 g/mol. The summed E-state index contributed by atoms with van der Waals surface area (Å²) in [4.78, 5) is 53.7. The molecule has 12 heteroatoms. The predicted octanol–water partition coefficient (Wildman–Crippen LogP) is 1.19. The smallest absolute Gasteiger partial charge is 0.419 e. The maximum atomic E-state index is 13.4. The molecule has 1 heterocycles. The molecular formula is C28H34N6O6. The zero-order chi connectivity index (χ0) is 29.2. The summed E-state index contributed by atoms with van der Waals surface area (Å²) in [6, 6.07) is 17.0. The number of hydrogen-bond acceptors (Lipinski definition) is 7. The Morgan fingerprint density at radius 2 is 1.62 bits per heavy atom. The molecule has 2 aromatic carbocycles.